The van der Waals surface area contributed by atoms with E-state index in [0.717, 1.165) is 31.1 Å². The second kappa shape index (κ2) is 6.24. The first-order valence-corrected chi connectivity index (χ1v) is 7.98. The van der Waals surface area contributed by atoms with Crippen LogP contribution in [-0.2, 0) is 4.79 Å². The van der Waals surface area contributed by atoms with Gasteiger partial charge in [-0.15, -0.1) is 11.6 Å². The highest BCUT2D eigenvalue weighted by Crippen LogP contribution is 2.33. The highest BCUT2D eigenvalue weighted by atomic mass is 35.5. The minimum Gasteiger partial charge on any atom is -0.497 e. The molecule has 0 aromatic heterocycles. The van der Waals surface area contributed by atoms with Gasteiger partial charge < -0.3 is 14.5 Å². The normalized spacial score (nSPS) is 26.6. The Morgan fingerprint density at radius 1 is 1.19 bits per heavy atom. The molecule has 114 valence electrons. The van der Waals surface area contributed by atoms with Gasteiger partial charge in [0, 0.05) is 12.2 Å². The Morgan fingerprint density at radius 2 is 1.86 bits per heavy atom. The Bertz CT molecular complexity index is 500. The van der Waals surface area contributed by atoms with Crippen LogP contribution < -0.4 is 9.64 Å². The van der Waals surface area contributed by atoms with E-state index in [1.165, 1.54) is 19.3 Å². The molecule has 0 saturated carbocycles. The Labute approximate surface area is 130 Å². The summed E-state index contributed by atoms with van der Waals surface area (Å²) < 4.78 is 5.16. The quantitative estimate of drug-likeness (QED) is 0.633. The fourth-order valence-electron chi connectivity index (χ4n) is 3.15. The molecule has 2 aliphatic heterocycles. The third-order valence-corrected chi connectivity index (χ3v) is 4.86. The number of β-lactam (4-membered cyclic amide) rings is 1. The van der Waals surface area contributed by atoms with Crippen LogP contribution in [0.3, 0.4) is 0 Å². The van der Waals surface area contributed by atoms with Gasteiger partial charge in [0.05, 0.1) is 13.2 Å². The predicted molar refractivity (Wildman–Crippen MR) is 84.2 cm³/mol. The molecule has 21 heavy (non-hydrogen) atoms. The van der Waals surface area contributed by atoms with E-state index in [0.29, 0.717) is 0 Å². The van der Waals surface area contributed by atoms with Gasteiger partial charge in [-0.2, -0.15) is 0 Å². The summed E-state index contributed by atoms with van der Waals surface area (Å²) in [6, 6.07) is 7.67. The van der Waals surface area contributed by atoms with Crippen molar-refractivity contribution in [2.45, 2.75) is 30.7 Å². The third kappa shape index (κ3) is 2.87. The van der Waals surface area contributed by atoms with E-state index in [2.05, 4.69) is 4.90 Å². The molecule has 1 aromatic carbocycles. The summed E-state index contributed by atoms with van der Waals surface area (Å²) in [6.45, 7) is 3.10. The zero-order chi connectivity index (χ0) is 14.8. The molecule has 0 unspecified atom stereocenters. The minimum atomic E-state index is -0.394. The van der Waals surface area contributed by atoms with E-state index in [4.69, 9.17) is 16.3 Å². The topological polar surface area (TPSA) is 32.8 Å². The molecule has 0 spiro atoms. The number of methoxy groups -OCH3 is 1. The van der Waals surface area contributed by atoms with Crippen molar-refractivity contribution in [3.63, 3.8) is 0 Å². The molecular formula is C16H21ClN2O2. The van der Waals surface area contributed by atoms with E-state index >= 15 is 0 Å². The van der Waals surface area contributed by atoms with Gasteiger partial charge in [-0.1, -0.05) is 6.42 Å². The maximum Gasteiger partial charge on any atom is 0.247 e. The maximum atomic E-state index is 12.1. The van der Waals surface area contributed by atoms with Crippen molar-refractivity contribution in [2.24, 2.45) is 0 Å². The van der Waals surface area contributed by atoms with Crippen molar-refractivity contribution in [3.05, 3.63) is 24.3 Å². The van der Waals surface area contributed by atoms with Gasteiger partial charge in [0.1, 0.15) is 11.1 Å². The first-order valence-electron chi connectivity index (χ1n) is 7.54. The number of hydrogen-bond donors (Lipinski definition) is 0. The van der Waals surface area contributed by atoms with Gasteiger partial charge in [-0.3, -0.25) is 4.79 Å². The van der Waals surface area contributed by atoms with E-state index in [1.807, 2.05) is 29.2 Å². The van der Waals surface area contributed by atoms with Crippen LogP contribution in [0.4, 0.5) is 5.69 Å². The summed E-state index contributed by atoms with van der Waals surface area (Å²) in [5.41, 5.74) is 0.903. The van der Waals surface area contributed by atoms with Crippen molar-refractivity contribution >= 4 is 23.2 Å². The fourth-order valence-corrected chi connectivity index (χ4v) is 3.45. The average Bonchev–Trinajstić information content (AvgIpc) is 2.55. The Kier molecular flexibility index (Phi) is 4.36. The number of amides is 1. The van der Waals surface area contributed by atoms with Crippen LogP contribution in [-0.4, -0.2) is 49.0 Å². The summed E-state index contributed by atoms with van der Waals surface area (Å²) in [5.74, 6) is 0.797. The molecule has 0 aliphatic carbocycles. The molecule has 2 fully saturated rings. The zero-order valence-electron chi connectivity index (χ0n) is 12.3. The first-order chi connectivity index (χ1) is 10.2. The van der Waals surface area contributed by atoms with Crippen LogP contribution in [0.2, 0.25) is 0 Å². The smallest absolute Gasteiger partial charge is 0.247 e. The highest BCUT2D eigenvalue weighted by Gasteiger charge is 2.47. The summed E-state index contributed by atoms with van der Waals surface area (Å²) in [6.07, 6.45) is 3.80. The molecule has 0 N–H and O–H groups in total. The van der Waals surface area contributed by atoms with E-state index in [9.17, 15) is 4.79 Å². The number of benzene rings is 1. The largest absolute Gasteiger partial charge is 0.497 e. The minimum absolute atomic E-state index is 0.00356. The van der Waals surface area contributed by atoms with Gasteiger partial charge in [0.15, 0.2) is 0 Å². The van der Waals surface area contributed by atoms with Gasteiger partial charge in [-0.05, 0) is 50.2 Å². The molecule has 0 radical (unpaired) electrons. The van der Waals surface area contributed by atoms with E-state index in [1.54, 1.807) is 7.11 Å². The molecule has 1 amide bonds. The number of carbonyl (C=O) groups excluding carboxylic acids is 1. The lowest BCUT2D eigenvalue weighted by Crippen LogP contribution is -2.66. The number of carbonyl (C=O) groups is 1. The van der Waals surface area contributed by atoms with Crippen molar-refractivity contribution < 1.29 is 9.53 Å². The SMILES string of the molecule is COc1ccc(N2C(=O)[C@H](Cl)[C@@H]2CN2CCCCC2)cc1. The number of piperidine rings is 1. The van der Waals surface area contributed by atoms with Gasteiger partial charge in [-0.25, -0.2) is 0 Å². The Balaban J connectivity index is 1.71. The van der Waals surface area contributed by atoms with Crippen LogP contribution in [0, 0.1) is 0 Å². The number of ether oxygens (including phenoxy) is 1. The van der Waals surface area contributed by atoms with Crippen molar-refractivity contribution in [3.8, 4) is 5.75 Å². The number of nitrogens with zero attached hydrogens (tertiary/aromatic N) is 2. The molecule has 0 bridgehead atoms. The molecule has 2 heterocycles. The van der Waals surface area contributed by atoms with Crippen LogP contribution in [0.25, 0.3) is 0 Å². The summed E-state index contributed by atoms with van der Waals surface area (Å²) in [4.78, 5) is 16.4. The molecule has 1 aromatic rings. The molecule has 2 aliphatic rings. The number of likely N-dealkylation sites (tertiary alicyclic amines) is 1. The van der Waals surface area contributed by atoms with Crippen LogP contribution in [0.5, 0.6) is 5.75 Å². The summed E-state index contributed by atoms with van der Waals surface area (Å²) in [7, 11) is 1.64. The molecule has 4 nitrogen and oxygen atoms in total. The number of alkyl halides is 1. The predicted octanol–water partition coefficient (Wildman–Crippen LogP) is 2.50. The molecule has 2 saturated heterocycles. The molecule has 3 rings (SSSR count). The standard InChI is InChI=1S/C16H21ClN2O2/c1-21-13-7-5-12(6-8-13)19-14(15(17)16(19)20)11-18-9-3-2-4-10-18/h5-8,14-15H,2-4,9-11H2,1H3/t14-,15+/m0/s1. The van der Waals surface area contributed by atoms with E-state index < -0.39 is 5.38 Å². The highest BCUT2D eigenvalue weighted by molar-refractivity contribution is 6.37. The van der Waals surface area contributed by atoms with Gasteiger partial charge >= 0.3 is 0 Å². The Hall–Kier alpha value is -1.26. The zero-order valence-corrected chi connectivity index (χ0v) is 13.1. The monoisotopic (exact) mass is 308 g/mol. The summed E-state index contributed by atoms with van der Waals surface area (Å²) in [5, 5.41) is -0.394. The lowest BCUT2D eigenvalue weighted by molar-refractivity contribution is -0.124. The van der Waals surface area contributed by atoms with E-state index in [-0.39, 0.29) is 11.9 Å². The van der Waals surface area contributed by atoms with Crippen molar-refractivity contribution in [2.75, 3.05) is 31.6 Å². The maximum absolute atomic E-state index is 12.1. The van der Waals surface area contributed by atoms with Crippen molar-refractivity contribution in [1.29, 1.82) is 0 Å². The third-order valence-electron chi connectivity index (χ3n) is 4.39. The van der Waals surface area contributed by atoms with Gasteiger partial charge in [0.2, 0.25) is 5.91 Å². The number of anilines is 1. The lowest BCUT2D eigenvalue weighted by atomic mass is 9.98. The van der Waals surface area contributed by atoms with Crippen LogP contribution in [0.1, 0.15) is 19.3 Å². The average molecular weight is 309 g/mol. The fraction of sp³-hybridized carbons (Fsp3) is 0.562. The van der Waals surface area contributed by atoms with Crippen LogP contribution in [0.15, 0.2) is 24.3 Å². The molecule has 5 heteroatoms. The number of rotatable bonds is 4. The molecule has 2 atom stereocenters. The van der Waals surface area contributed by atoms with Crippen LogP contribution >= 0.6 is 11.6 Å². The Morgan fingerprint density at radius 3 is 2.48 bits per heavy atom. The first kappa shape index (κ1) is 14.7. The number of halogens is 1. The second-order valence-electron chi connectivity index (χ2n) is 5.74. The second-order valence-corrected chi connectivity index (χ2v) is 6.21. The lowest BCUT2D eigenvalue weighted by Gasteiger charge is -2.46. The van der Waals surface area contributed by atoms with Gasteiger partial charge in [0.25, 0.3) is 0 Å². The summed E-state index contributed by atoms with van der Waals surface area (Å²) >= 11 is 6.25. The molecular weight excluding hydrogens is 288 g/mol. The van der Waals surface area contributed by atoms with Crippen molar-refractivity contribution in [1.82, 2.24) is 4.90 Å². The number of hydrogen-bond acceptors (Lipinski definition) is 3.